The largest absolute Gasteiger partial charge is 0.421 e. The van der Waals surface area contributed by atoms with Crippen molar-refractivity contribution in [2.45, 2.75) is 0 Å². The number of hydrogen-bond acceptors (Lipinski definition) is 2. The van der Waals surface area contributed by atoms with E-state index in [0.29, 0.717) is 21.6 Å². The Morgan fingerprint density at radius 1 is 0.833 bits per heavy atom. The Kier molecular flexibility index (Phi) is 2.65. The lowest BCUT2D eigenvalue weighted by Gasteiger charge is -2.05. The molecule has 0 amide bonds. The van der Waals surface area contributed by atoms with Crippen LogP contribution in [-0.4, -0.2) is 0 Å². The van der Waals surface area contributed by atoms with Gasteiger partial charge in [-0.2, -0.15) is 0 Å². The molecule has 3 rings (SSSR count). The maximum absolute atomic E-state index is 11.9. The molecule has 0 N–H and O–H groups in total. The summed E-state index contributed by atoms with van der Waals surface area (Å²) >= 11 is 6.32. The van der Waals surface area contributed by atoms with Crippen LogP contribution in [0.15, 0.2) is 63.8 Å². The molecule has 1 heterocycles. The van der Waals surface area contributed by atoms with E-state index in [1.54, 1.807) is 12.1 Å². The van der Waals surface area contributed by atoms with Crippen LogP contribution in [0.5, 0.6) is 0 Å². The number of rotatable bonds is 1. The standard InChI is InChI=1S/C15H9ClO2/c16-13-11-8-4-5-9-12(11)15(17)18-14(13)10-6-2-1-3-7-10/h1-9H. The predicted molar refractivity (Wildman–Crippen MR) is 72.9 cm³/mol. The van der Waals surface area contributed by atoms with Gasteiger partial charge in [-0.25, -0.2) is 4.79 Å². The summed E-state index contributed by atoms with van der Waals surface area (Å²) in [6.45, 7) is 0. The highest BCUT2D eigenvalue weighted by Crippen LogP contribution is 2.31. The van der Waals surface area contributed by atoms with Crippen LogP contribution in [0.3, 0.4) is 0 Å². The van der Waals surface area contributed by atoms with Crippen molar-refractivity contribution >= 4 is 22.4 Å². The Morgan fingerprint density at radius 2 is 1.44 bits per heavy atom. The van der Waals surface area contributed by atoms with Crippen molar-refractivity contribution in [2.24, 2.45) is 0 Å². The van der Waals surface area contributed by atoms with Crippen LogP contribution in [0.2, 0.25) is 5.02 Å². The van der Waals surface area contributed by atoms with E-state index in [2.05, 4.69) is 0 Å². The summed E-state index contributed by atoms with van der Waals surface area (Å²) in [5.74, 6) is 0.418. The summed E-state index contributed by atoms with van der Waals surface area (Å²) < 4.78 is 5.32. The summed E-state index contributed by atoms with van der Waals surface area (Å²) in [6.07, 6.45) is 0. The van der Waals surface area contributed by atoms with Gasteiger partial charge >= 0.3 is 5.63 Å². The molecule has 0 radical (unpaired) electrons. The summed E-state index contributed by atoms with van der Waals surface area (Å²) in [4.78, 5) is 11.9. The fourth-order valence-corrected chi connectivity index (χ4v) is 2.25. The second kappa shape index (κ2) is 4.31. The third-order valence-corrected chi connectivity index (χ3v) is 3.19. The van der Waals surface area contributed by atoms with Gasteiger partial charge in [-0.3, -0.25) is 0 Å². The molecule has 3 aromatic rings. The molecule has 0 saturated carbocycles. The maximum atomic E-state index is 11.9. The zero-order valence-electron chi connectivity index (χ0n) is 9.39. The molecule has 0 spiro atoms. The van der Waals surface area contributed by atoms with Crippen LogP contribution < -0.4 is 5.63 Å². The molecule has 0 fully saturated rings. The van der Waals surface area contributed by atoms with Crippen LogP contribution in [0.25, 0.3) is 22.1 Å². The molecule has 0 bridgehead atoms. The predicted octanol–water partition coefficient (Wildman–Crippen LogP) is 4.11. The van der Waals surface area contributed by atoms with Crippen molar-refractivity contribution in [1.29, 1.82) is 0 Å². The van der Waals surface area contributed by atoms with E-state index in [9.17, 15) is 4.79 Å². The van der Waals surface area contributed by atoms with E-state index in [4.69, 9.17) is 16.0 Å². The monoisotopic (exact) mass is 256 g/mol. The minimum Gasteiger partial charge on any atom is -0.421 e. The van der Waals surface area contributed by atoms with E-state index in [1.807, 2.05) is 42.5 Å². The molecule has 0 saturated heterocycles. The highest BCUT2D eigenvalue weighted by atomic mass is 35.5. The lowest BCUT2D eigenvalue weighted by molar-refractivity contribution is 0.535. The summed E-state index contributed by atoms with van der Waals surface area (Å²) in [5.41, 5.74) is 0.430. The van der Waals surface area contributed by atoms with Crippen LogP contribution in [0, 0.1) is 0 Å². The zero-order chi connectivity index (χ0) is 12.5. The highest BCUT2D eigenvalue weighted by Gasteiger charge is 2.12. The molecule has 18 heavy (non-hydrogen) atoms. The van der Waals surface area contributed by atoms with Gasteiger partial charge < -0.3 is 4.42 Å². The van der Waals surface area contributed by atoms with Crippen molar-refractivity contribution in [3.63, 3.8) is 0 Å². The number of halogens is 1. The normalized spacial score (nSPS) is 10.7. The van der Waals surface area contributed by atoms with E-state index in [0.717, 1.165) is 5.56 Å². The second-order valence-electron chi connectivity index (χ2n) is 3.94. The molecule has 1 aromatic heterocycles. The zero-order valence-corrected chi connectivity index (χ0v) is 10.1. The van der Waals surface area contributed by atoms with Crippen molar-refractivity contribution in [1.82, 2.24) is 0 Å². The molecule has 0 atom stereocenters. The van der Waals surface area contributed by atoms with Gasteiger partial charge in [-0.15, -0.1) is 0 Å². The van der Waals surface area contributed by atoms with Crippen molar-refractivity contribution < 1.29 is 4.42 Å². The Labute approximate surface area is 108 Å². The molecule has 0 unspecified atom stereocenters. The summed E-state index contributed by atoms with van der Waals surface area (Å²) in [5, 5.41) is 1.69. The Hall–Kier alpha value is -2.06. The van der Waals surface area contributed by atoms with Gasteiger partial charge in [0.1, 0.15) is 0 Å². The first-order valence-electron chi connectivity index (χ1n) is 5.54. The van der Waals surface area contributed by atoms with Gasteiger partial charge in [0.25, 0.3) is 0 Å². The molecule has 2 nitrogen and oxygen atoms in total. The first-order chi connectivity index (χ1) is 8.77. The van der Waals surface area contributed by atoms with E-state index < -0.39 is 0 Å². The fourth-order valence-electron chi connectivity index (χ4n) is 1.94. The third kappa shape index (κ3) is 1.71. The lowest BCUT2D eigenvalue weighted by Crippen LogP contribution is -2.01. The number of fused-ring (bicyclic) bond motifs is 1. The van der Waals surface area contributed by atoms with Crippen molar-refractivity contribution in [3.05, 3.63) is 70.0 Å². The first kappa shape index (κ1) is 11.1. The van der Waals surface area contributed by atoms with Crippen LogP contribution >= 0.6 is 11.6 Å². The average Bonchev–Trinajstić information content (AvgIpc) is 2.44. The van der Waals surface area contributed by atoms with Gasteiger partial charge in [-0.1, -0.05) is 60.1 Å². The summed E-state index contributed by atoms with van der Waals surface area (Å²) in [6, 6.07) is 16.5. The molecule has 0 aliphatic carbocycles. The van der Waals surface area contributed by atoms with Gasteiger partial charge in [0.05, 0.1) is 10.4 Å². The Bertz CT molecular complexity index is 760. The minimum atomic E-state index is -0.367. The minimum absolute atomic E-state index is 0.367. The van der Waals surface area contributed by atoms with Gasteiger partial charge in [0.15, 0.2) is 5.76 Å². The van der Waals surface area contributed by atoms with Crippen molar-refractivity contribution in [2.75, 3.05) is 0 Å². The fraction of sp³-hybridized carbons (Fsp3) is 0. The molecule has 0 aliphatic heterocycles. The smallest absolute Gasteiger partial charge is 0.344 e. The van der Waals surface area contributed by atoms with E-state index in [-0.39, 0.29) is 5.63 Å². The highest BCUT2D eigenvalue weighted by molar-refractivity contribution is 6.37. The maximum Gasteiger partial charge on any atom is 0.344 e. The van der Waals surface area contributed by atoms with E-state index >= 15 is 0 Å². The van der Waals surface area contributed by atoms with Crippen LogP contribution in [-0.2, 0) is 0 Å². The molecule has 88 valence electrons. The number of benzene rings is 2. The lowest BCUT2D eigenvalue weighted by atomic mass is 10.1. The molecular formula is C15H9ClO2. The van der Waals surface area contributed by atoms with Gasteiger partial charge in [0.2, 0.25) is 0 Å². The number of hydrogen-bond donors (Lipinski definition) is 0. The quantitative estimate of drug-likeness (QED) is 0.656. The molecule has 3 heteroatoms. The SMILES string of the molecule is O=c1oc(-c2ccccc2)c(Cl)c2ccccc12. The van der Waals surface area contributed by atoms with Crippen LogP contribution in [0.4, 0.5) is 0 Å². The van der Waals surface area contributed by atoms with Gasteiger partial charge in [0, 0.05) is 10.9 Å². The third-order valence-electron chi connectivity index (χ3n) is 2.81. The van der Waals surface area contributed by atoms with E-state index in [1.165, 1.54) is 0 Å². The first-order valence-corrected chi connectivity index (χ1v) is 5.92. The average molecular weight is 257 g/mol. The van der Waals surface area contributed by atoms with Crippen molar-refractivity contribution in [3.8, 4) is 11.3 Å². The Morgan fingerprint density at radius 3 is 2.17 bits per heavy atom. The molecule has 2 aromatic carbocycles. The summed E-state index contributed by atoms with van der Waals surface area (Å²) in [7, 11) is 0. The van der Waals surface area contributed by atoms with Gasteiger partial charge in [-0.05, 0) is 6.07 Å². The molecule has 0 aliphatic rings. The van der Waals surface area contributed by atoms with Crippen LogP contribution in [0.1, 0.15) is 0 Å². The topological polar surface area (TPSA) is 30.2 Å². The Balaban J connectivity index is 2.39. The second-order valence-corrected chi connectivity index (χ2v) is 4.32. The molecular weight excluding hydrogens is 248 g/mol.